The number of carbonyl (C=O) groups excluding carboxylic acids is 2. The van der Waals surface area contributed by atoms with E-state index in [0.717, 1.165) is 22.3 Å². The lowest BCUT2D eigenvalue weighted by atomic mass is 9.88. The number of hydrogen-bond donors (Lipinski definition) is 3. The first-order valence-corrected chi connectivity index (χ1v) is 15.7. The summed E-state index contributed by atoms with van der Waals surface area (Å²) in [4.78, 5) is 25.2. The van der Waals surface area contributed by atoms with Crippen LogP contribution in [0.4, 0.5) is 0 Å². The van der Waals surface area contributed by atoms with Gasteiger partial charge in [-0.2, -0.15) is 8.42 Å². The van der Waals surface area contributed by atoms with Gasteiger partial charge in [0.1, 0.15) is 5.00 Å². The number of alkyl halides is 1. The SMILES string of the molecule is CC1=C(c2ccccc2)C=CC(Cl)(NC(=O)C(Cc2ccc(C(=O)NCCS(=O)(=O)O)cc2)c2ccc3c(c2)OCO3)C1. The number of hydrogen-bond acceptors (Lipinski definition) is 6. The molecule has 2 aliphatic rings. The Kier molecular flexibility index (Phi) is 8.91. The molecule has 1 aliphatic heterocycles. The van der Waals surface area contributed by atoms with Gasteiger partial charge in [-0.25, -0.2) is 0 Å². The average Bonchev–Trinajstić information content (AvgIpc) is 3.44. The Bertz CT molecular complexity index is 1690. The molecule has 9 nitrogen and oxygen atoms in total. The van der Waals surface area contributed by atoms with Crippen molar-refractivity contribution in [1.82, 2.24) is 10.6 Å². The fraction of sp³-hybridized carbons (Fsp3) is 0.250. The average molecular weight is 623 g/mol. The van der Waals surface area contributed by atoms with Gasteiger partial charge in [0.15, 0.2) is 11.5 Å². The Morgan fingerprint density at radius 2 is 1.74 bits per heavy atom. The summed E-state index contributed by atoms with van der Waals surface area (Å²) in [6.45, 7) is 1.89. The Labute approximate surface area is 255 Å². The molecule has 2 atom stereocenters. The van der Waals surface area contributed by atoms with Gasteiger partial charge < -0.3 is 20.1 Å². The van der Waals surface area contributed by atoms with E-state index < -0.39 is 32.7 Å². The lowest BCUT2D eigenvalue weighted by Crippen LogP contribution is -2.46. The highest BCUT2D eigenvalue weighted by atomic mass is 35.5. The zero-order chi connectivity index (χ0) is 30.6. The number of allylic oxidation sites excluding steroid dienone is 2. The second-order valence-electron chi connectivity index (χ2n) is 10.5. The Balaban J connectivity index is 1.33. The molecule has 1 aliphatic carbocycles. The van der Waals surface area contributed by atoms with Gasteiger partial charge in [0.25, 0.3) is 16.0 Å². The van der Waals surface area contributed by atoms with E-state index in [0.29, 0.717) is 35.5 Å². The van der Waals surface area contributed by atoms with E-state index in [1.165, 1.54) is 0 Å². The molecule has 2 unspecified atom stereocenters. The van der Waals surface area contributed by atoms with Crippen molar-refractivity contribution >= 4 is 39.1 Å². The van der Waals surface area contributed by atoms with E-state index in [-0.39, 0.29) is 19.2 Å². The third kappa shape index (κ3) is 7.64. The van der Waals surface area contributed by atoms with Gasteiger partial charge >= 0.3 is 0 Å². The molecule has 0 saturated carbocycles. The third-order valence-corrected chi connectivity index (χ3v) is 8.40. The normalized spacial score (nSPS) is 18.3. The van der Waals surface area contributed by atoms with Crippen molar-refractivity contribution in [3.63, 3.8) is 0 Å². The number of nitrogens with one attached hydrogen (secondary N) is 2. The van der Waals surface area contributed by atoms with Gasteiger partial charge in [0, 0.05) is 18.5 Å². The van der Waals surface area contributed by atoms with Crippen molar-refractivity contribution in [2.75, 3.05) is 19.1 Å². The number of rotatable bonds is 10. The van der Waals surface area contributed by atoms with Crippen molar-refractivity contribution in [1.29, 1.82) is 0 Å². The molecule has 0 bridgehead atoms. The van der Waals surface area contributed by atoms with Crippen LogP contribution in [0, 0.1) is 0 Å². The number of ether oxygens (including phenoxy) is 2. The van der Waals surface area contributed by atoms with Gasteiger partial charge in [-0.05, 0) is 65.9 Å². The van der Waals surface area contributed by atoms with E-state index in [4.69, 9.17) is 25.6 Å². The van der Waals surface area contributed by atoms with Crippen molar-refractivity contribution in [3.8, 4) is 11.5 Å². The minimum atomic E-state index is -4.18. The van der Waals surface area contributed by atoms with Gasteiger partial charge in [-0.1, -0.05) is 71.8 Å². The molecule has 2 amide bonds. The molecule has 0 fully saturated rings. The van der Waals surface area contributed by atoms with Crippen LogP contribution in [0.2, 0.25) is 0 Å². The van der Waals surface area contributed by atoms with Crippen LogP contribution in [0.15, 0.2) is 90.5 Å². The highest BCUT2D eigenvalue weighted by molar-refractivity contribution is 7.85. The van der Waals surface area contributed by atoms with Crippen LogP contribution in [0.25, 0.3) is 5.57 Å². The lowest BCUT2D eigenvalue weighted by molar-refractivity contribution is -0.123. The minimum Gasteiger partial charge on any atom is -0.454 e. The predicted molar refractivity (Wildman–Crippen MR) is 164 cm³/mol. The first-order valence-electron chi connectivity index (χ1n) is 13.7. The quantitative estimate of drug-likeness (QED) is 0.167. The molecule has 0 radical (unpaired) electrons. The zero-order valence-electron chi connectivity index (χ0n) is 23.4. The highest BCUT2D eigenvalue weighted by Gasteiger charge is 2.34. The van der Waals surface area contributed by atoms with Gasteiger partial charge in [-0.3, -0.25) is 14.1 Å². The summed E-state index contributed by atoms with van der Waals surface area (Å²) in [5, 5.41) is 5.51. The fourth-order valence-electron chi connectivity index (χ4n) is 5.15. The summed E-state index contributed by atoms with van der Waals surface area (Å²) < 4.78 is 41.7. The first-order chi connectivity index (χ1) is 20.5. The molecule has 11 heteroatoms. The van der Waals surface area contributed by atoms with E-state index in [1.807, 2.05) is 55.5 Å². The molecule has 0 spiro atoms. The van der Waals surface area contributed by atoms with Gasteiger partial charge in [0.05, 0.1) is 11.7 Å². The zero-order valence-corrected chi connectivity index (χ0v) is 25.0. The second kappa shape index (κ2) is 12.6. The molecule has 1 heterocycles. The van der Waals surface area contributed by atoms with Crippen LogP contribution >= 0.6 is 11.6 Å². The van der Waals surface area contributed by atoms with E-state index >= 15 is 0 Å². The maximum absolute atomic E-state index is 13.9. The van der Waals surface area contributed by atoms with Gasteiger partial charge in [-0.15, -0.1) is 0 Å². The molecule has 0 aromatic heterocycles. The predicted octanol–water partition coefficient (Wildman–Crippen LogP) is 4.84. The molecule has 3 aromatic rings. The smallest absolute Gasteiger partial charge is 0.266 e. The molecular formula is C32H31ClN2O7S. The standard InChI is InChI=1S/C32H31ClN2O7S/c1-21-19-32(33,14-13-26(21)23-5-3-2-4-6-23)35-31(37)27(25-11-12-28-29(18-25)42-20-41-28)17-22-7-9-24(10-8-22)30(36)34-15-16-43(38,39)40/h2-14,18,27H,15-17,19-20H2,1H3,(H,34,36)(H,35,37)(H,38,39,40). The number of carbonyl (C=O) groups is 2. The third-order valence-electron chi connectivity index (χ3n) is 7.33. The minimum absolute atomic E-state index is 0.106. The van der Waals surface area contributed by atoms with Crippen LogP contribution in [-0.2, 0) is 21.3 Å². The number of benzene rings is 3. The van der Waals surface area contributed by atoms with E-state index in [2.05, 4.69) is 10.6 Å². The van der Waals surface area contributed by atoms with Crippen molar-refractivity contribution in [2.24, 2.45) is 0 Å². The number of fused-ring (bicyclic) bond motifs is 1. The lowest BCUT2D eigenvalue weighted by Gasteiger charge is -2.31. The molecular weight excluding hydrogens is 592 g/mol. The molecule has 0 saturated heterocycles. The van der Waals surface area contributed by atoms with Crippen molar-refractivity contribution < 1.29 is 32.0 Å². The highest BCUT2D eigenvalue weighted by Crippen LogP contribution is 2.38. The van der Waals surface area contributed by atoms with Crippen LogP contribution in [0.1, 0.15) is 46.3 Å². The Hall–Kier alpha value is -4.12. The summed E-state index contributed by atoms with van der Waals surface area (Å²) in [5.74, 6) is -0.827. The largest absolute Gasteiger partial charge is 0.454 e. The summed E-state index contributed by atoms with van der Waals surface area (Å²) in [6, 6.07) is 22.0. The molecule has 3 N–H and O–H groups in total. The molecule has 5 rings (SSSR count). The molecule has 43 heavy (non-hydrogen) atoms. The van der Waals surface area contributed by atoms with Crippen molar-refractivity contribution in [2.45, 2.75) is 30.7 Å². The van der Waals surface area contributed by atoms with Crippen LogP contribution in [-0.4, -0.2) is 48.9 Å². The molecule has 3 aromatic carbocycles. The van der Waals surface area contributed by atoms with Crippen molar-refractivity contribution in [3.05, 3.63) is 113 Å². The molecule has 224 valence electrons. The van der Waals surface area contributed by atoms with E-state index in [9.17, 15) is 18.0 Å². The summed E-state index contributed by atoms with van der Waals surface area (Å²) in [6.07, 6.45) is 4.48. The van der Waals surface area contributed by atoms with E-state index in [1.54, 1.807) is 36.4 Å². The van der Waals surface area contributed by atoms with Crippen LogP contribution in [0.5, 0.6) is 11.5 Å². The van der Waals surface area contributed by atoms with Crippen LogP contribution < -0.4 is 20.1 Å². The number of halogens is 1. The summed E-state index contributed by atoms with van der Waals surface area (Å²) in [7, 11) is -4.18. The number of amides is 2. The Morgan fingerprint density at radius 1 is 1.02 bits per heavy atom. The van der Waals surface area contributed by atoms with Gasteiger partial charge in [0.2, 0.25) is 12.7 Å². The summed E-state index contributed by atoms with van der Waals surface area (Å²) in [5.41, 5.74) is 5.01. The fourth-order valence-corrected chi connectivity index (χ4v) is 5.87. The topological polar surface area (TPSA) is 131 Å². The van der Waals surface area contributed by atoms with Crippen LogP contribution in [0.3, 0.4) is 0 Å². The maximum atomic E-state index is 13.9. The Morgan fingerprint density at radius 3 is 2.44 bits per heavy atom. The first kappa shape index (κ1) is 30.3. The maximum Gasteiger partial charge on any atom is 0.266 e. The summed E-state index contributed by atoms with van der Waals surface area (Å²) >= 11 is 6.98. The monoisotopic (exact) mass is 622 g/mol. The second-order valence-corrected chi connectivity index (χ2v) is 12.8.